The van der Waals surface area contributed by atoms with Crippen molar-refractivity contribution in [2.75, 3.05) is 6.61 Å². The molecule has 3 heterocycles. The molecule has 3 aromatic rings. The second-order valence-corrected chi connectivity index (χ2v) is 7.43. The highest BCUT2D eigenvalue weighted by atomic mass is 32.2. The van der Waals surface area contributed by atoms with Crippen LogP contribution in [0.15, 0.2) is 44.4 Å². The van der Waals surface area contributed by atoms with Crippen molar-refractivity contribution in [2.24, 2.45) is 0 Å². The number of hydrogen-bond donors (Lipinski definition) is 1. The molecule has 2 aromatic heterocycles. The molecule has 136 valence electrons. The predicted octanol–water partition coefficient (Wildman–Crippen LogP) is 2.02. The van der Waals surface area contributed by atoms with Gasteiger partial charge in [0.25, 0.3) is 5.89 Å². The fourth-order valence-electron chi connectivity index (χ4n) is 2.62. The smallest absolute Gasteiger partial charge is 0.293 e. The van der Waals surface area contributed by atoms with E-state index in [1.54, 1.807) is 6.26 Å². The fraction of sp³-hybridized carbons (Fsp3) is 0.250. The van der Waals surface area contributed by atoms with E-state index in [4.69, 9.17) is 13.7 Å². The van der Waals surface area contributed by atoms with Crippen molar-refractivity contribution in [1.82, 2.24) is 14.9 Å². The number of nitrogens with zero attached hydrogens (tertiary/aromatic N) is 2. The van der Waals surface area contributed by atoms with Crippen LogP contribution < -0.4 is 4.72 Å². The number of sulfonamides is 1. The molecule has 0 atom stereocenters. The van der Waals surface area contributed by atoms with E-state index in [0.717, 1.165) is 23.3 Å². The second-order valence-electron chi connectivity index (χ2n) is 5.67. The summed E-state index contributed by atoms with van der Waals surface area (Å²) in [4.78, 5) is 4.12. The molecule has 0 spiro atoms. The van der Waals surface area contributed by atoms with E-state index in [2.05, 4.69) is 14.9 Å². The maximum atomic E-state index is 12.9. The minimum absolute atomic E-state index is 0.0530. The van der Waals surface area contributed by atoms with Crippen LogP contribution in [0.1, 0.15) is 17.0 Å². The molecule has 0 fully saturated rings. The van der Waals surface area contributed by atoms with Gasteiger partial charge in [0.15, 0.2) is 11.6 Å². The van der Waals surface area contributed by atoms with Gasteiger partial charge in [0.1, 0.15) is 5.82 Å². The zero-order chi connectivity index (χ0) is 18.1. The number of nitrogens with one attached hydrogen (secondary N) is 1. The molecule has 0 radical (unpaired) electrons. The van der Waals surface area contributed by atoms with Gasteiger partial charge >= 0.3 is 0 Å². The van der Waals surface area contributed by atoms with E-state index in [1.807, 2.05) is 0 Å². The molecular weight excluding hydrogens is 365 g/mol. The topological polar surface area (TPSA) is 107 Å². The maximum Gasteiger partial charge on any atom is 0.293 e. The molecule has 0 bridgehead atoms. The first-order valence-electron chi connectivity index (χ1n) is 7.78. The summed E-state index contributed by atoms with van der Waals surface area (Å²) in [6.07, 6.45) is 2.26. The average Bonchev–Trinajstić information content (AvgIpc) is 3.27. The Morgan fingerprint density at radius 1 is 1.23 bits per heavy atom. The molecule has 0 saturated carbocycles. The lowest BCUT2D eigenvalue weighted by Crippen LogP contribution is -2.23. The van der Waals surface area contributed by atoms with Crippen LogP contribution in [-0.4, -0.2) is 25.2 Å². The monoisotopic (exact) mass is 379 g/mol. The van der Waals surface area contributed by atoms with E-state index in [1.165, 1.54) is 12.1 Å². The average molecular weight is 379 g/mol. The van der Waals surface area contributed by atoms with Gasteiger partial charge in [0.2, 0.25) is 10.0 Å². The SMILES string of the molecule is O=S(=O)(NCc1noc(-c2occ3c2CCOC3)n1)c1ccc(F)cc1. The van der Waals surface area contributed by atoms with Crippen LogP contribution in [0.3, 0.4) is 0 Å². The lowest BCUT2D eigenvalue weighted by molar-refractivity contribution is 0.111. The molecule has 26 heavy (non-hydrogen) atoms. The lowest BCUT2D eigenvalue weighted by Gasteiger charge is -2.10. The maximum absolute atomic E-state index is 12.9. The Bertz CT molecular complexity index is 1030. The molecule has 0 saturated heterocycles. The standard InChI is InChI=1S/C16H14FN3O5S/c17-11-1-3-12(4-2-11)26(21,22)18-7-14-19-16(25-20-14)15-13-5-6-23-8-10(13)9-24-15/h1-4,9,18H,5-8H2. The second kappa shape index (κ2) is 6.63. The lowest BCUT2D eigenvalue weighted by atomic mass is 10.1. The van der Waals surface area contributed by atoms with Gasteiger partial charge in [-0.15, -0.1) is 0 Å². The van der Waals surface area contributed by atoms with Crippen molar-refractivity contribution >= 4 is 10.0 Å². The highest BCUT2D eigenvalue weighted by molar-refractivity contribution is 7.89. The first kappa shape index (κ1) is 16.9. The molecular formula is C16H14FN3O5S. The Hall–Kier alpha value is -2.56. The van der Waals surface area contributed by atoms with E-state index in [-0.39, 0.29) is 23.2 Å². The van der Waals surface area contributed by atoms with Crippen molar-refractivity contribution in [1.29, 1.82) is 0 Å². The highest BCUT2D eigenvalue weighted by Gasteiger charge is 2.23. The number of furan rings is 1. The number of hydrogen-bond acceptors (Lipinski definition) is 7. The quantitative estimate of drug-likeness (QED) is 0.722. The molecule has 0 aliphatic carbocycles. The third-order valence-electron chi connectivity index (χ3n) is 3.94. The number of halogens is 1. The molecule has 1 aromatic carbocycles. The van der Waals surface area contributed by atoms with Crippen molar-refractivity contribution < 1.29 is 26.5 Å². The zero-order valence-corrected chi connectivity index (χ0v) is 14.3. The van der Waals surface area contributed by atoms with Gasteiger partial charge in [-0.1, -0.05) is 5.16 Å². The van der Waals surface area contributed by atoms with Gasteiger partial charge in [-0.25, -0.2) is 17.5 Å². The number of benzene rings is 1. The molecule has 1 aliphatic heterocycles. The van der Waals surface area contributed by atoms with Crippen LogP contribution in [0.2, 0.25) is 0 Å². The first-order chi connectivity index (χ1) is 12.5. The number of rotatable bonds is 5. The Kier molecular flexibility index (Phi) is 4.31. The summed E-state index contributed by atoms with van der Waals surface area (Å²) in [6, 6.07) is 4.50. The van der Waals surface area contributed by atoms with Gasteiger partial charge in [-0.2, -0.15) is 4.98 Å². The predicted molar refractivity (Wildman–Crippen MR) is 85.8 cm³/mol. The van der Waals surface area contributed by atoms with Crippen LogP contribution in [0.5, 0.6) is 0 Å². The van der Waals surface area contributed by atoms with E-state index in [9.17, 15) is 12.8 Å². The van der Waals surface area contributed by atoms with E-state index < -0.39 is 15.8 Å². The van der Waals surface area contributed by atoms with E-state index in [0.29, 0.717) is 25.4 Å². The van der Waals surface area contributed by atoms with Crippen LogP contribution in [0, 0.1) is 5.82 Å². The highest BCUT2D eigenvalue weighted by Crippen LogP contribution is 2.30. The Balaban J connectivity index is 1.49. The van der Waals surface area contributed by atoms with Gasteiger partial charge < -0.3 is 13.7 Å². The molecule has 0 amide bonds. The summed E-state index contributed by atoms with van der Waals surface area (Å²) < 4.78 is 55.7. The summed E-state index contributed by atoms with van der Waals surface area (Å²) in [6.45, 7) is 0.879. The van der Waals surface area contributed by atoms with Crippen molar-refractivity contribution in [3.63, 3.8) is 0 Å². The largest absolute Gasteiger partial charge is 0.458 e. The van der Waals surface area contributed by atoms with Crippen LogP contribution in [-0.2, 0) is 34.3 Å². The third-order valence-corrected chi connectivity index (χ3v) is 5.36. The molecule has 1 N–H and O–H groups in total. The summed E-state index contributed by atoms with van der Waals surface area (Å²) >= 11 is 0. The van der Waals surface area contributed by atoms with Gasteiger partial charge in [0, 0.05) is 17.5 Å². The third kappa shape index (κ3) is 3.26. The molecule has 8 nitrogen and oxygen atoms in total. The molecule has 4 rings (SSSR count). The fourth-order valence-corrected chi connectivity index (χ4v) is 3.60. The van der Waals surface area contributed by atoms with Crippen molar-refractivity contribution in [3.8, 4) is 11.7 Å². The van der Waals surface area contributed by atoms with Crippen LogP contribution >= 0.6 is 0 Å². The zero-order valence-electron chi connectivity index (χ0n) is 13.4. The van der Waals surface area contributed by atoms with Gasteiger partial charge in [0.05, 0.1) is 30.9 Å². The number of aromatic nitrogens is 2. The van der Waals surface area contributed by atoms with E-state index >= 15 is 0 Å². The summed E-state index contributed by atoms with van der Waals surface area (Å²) in [5.74, 6) is 0.300. The summed E-state index contributed by atoms with van der Waals surface area (Å²) in [5.41, 5.74) is 1.89. The minimum Gasteiger partial charge on any atom is -0.458 e. The normalized spacial score (nSPS) is 14.3. The molecule has 0 unspecified atom stereocenters. The summed E-state index contributed by atoms with van der Waals surface area (Å²) in [7, 11) is -3.81. The van der Waals surface area contributed by atoms with Crippen molar-refractivity contribution in [3.05, 3.63) is 53.3 Å². The van der Waals surface area contributed by atoms with Crippen LogP contribution in [0.25, 0.3) is 11.7 Å². The molecule has 10 heteroatoms. The molecule has 1 aliphatic rings. The Morgan fingerprint density at radius 2 is 2.04 bits per heavy atom. The van der Waals surface area contributed by atoms with Gasteiger partial charge in [-0.3, -0.25) is 0 Å². The minimum atomic E-state index is -3.81. The first-order valence-corrected chi connectivity index (χ1v) is 9.26. The van der Waals surface area contributed by atoms with Crippen LogP contribution in [0.4, 0.5) is 4.39 Å². The Morgan fingerprint density at radius 3 is 2.85 bits per heavy atom. The van der Waals surface area contributed by atoms with Crippen molar-refractivity contribution in [2.45, 2.75) is 24.5 Å². The number of fused-ring (bicyclic) bond motifs is 1. The Labute approximate surface area is 148 Å². The van der Waals surface area contributed by atoms with Gasteiger partial charge in [-0.05, 0) is 24.3 Å². The summed E-state index contributed by atoms with van der Waals surface area (Å²) in [5, 5.41) is 3.77. The number of ether oxygens (including phenoxy) is 1.